The van der Waals surface area contributed by atoms with Crippen LogP contribution in [-0.2, 0) is 4.79 Å². The normalized spacial score (nSPS) is 12.7. The van der Waals surface area contributed by atoms with E-state index in [1.807, 2.05) is 0 Å². The molecule has 0 bridgehead atoms. The van der Waals surface area contributed by atoms with Crippen molar-refractivity contribution in [1.29, 1.82) is 0 Å². The largest absolute Gasteiger partial charge is 0.406 e. The number of rotatable bonds is 3. The highest BCUT2D eigenvalue weighted by Crippen LogP contribution is 2.22. The summed E-state index contributed by atoms with van der Waals surface area (Å²) >= 11 is 0. The van der Waals surface area contributed by atoms with E-state index < -0.39 is 24.0 Å². The average Bonchev–Trinajstić information content (AvgIpc) is 1.98. The molecule has 0 aliphatic heterocycles. The monoisotopic (exact) mass is 226 g/mol. The quantitative estimate of drug-likeness (QED) is 0.790. The van der Waals surface area contributed by atoms with Gasteiger partial charge in [-0.15, -0.1) is 0 Å². The molecule has 6 heteroatoms. The van der Waals surface area contributed by atoms with E-state index in [2.05, 4.69) is 0 Å². The lowest BCUT2D eigenvalue weighted by Crippen LogP contribution is -2.46. The maximum Gasteiger partial charge on any atom is 0.406 e. The zero-order valence-corrected chi connectivity index (χ0v) is 9.19. The summed E-state index contributed by atoms with van der Waals surface area (Å²) < 4.78 is 36.4. The fourth-order valence-corrected chi connectivity index (χ4v) is 1.10. The predicted octanol–water partition coefficient (Wildman–Crippen LogP) is 1.38. The second kappa shape index (κ2) is 4.83. The minimum absolute atomic E-state index is 0.0257. The van der Waals surface area contributed by atoms with Crippen LogP contribution in [0.25, 0.3) is 0 Å². The van der Waals surface area contributed by atoms with Crippen LogP contribution in [-0.4, -0.2) is 36.6 Å². The van der Waals surface area contributed by atoms with Crippen LogP contribution in [0.4, 0.5) is 13.2 Å². The molecule has 0 spiro atoms. The first-order valence-electron chi connectivity index (χ1n) is 4.64. The van der Waals surface area contributed by atoms with E-state index in [1.54, 1.807) is 20.8 Å². The molecule has 0 aromatic heterocycles. The highest BCUT2D eigenvalue weighted by molar-refractivity contribution is 5.81. The van der Waals surface area contributed by atoms with E-state index in [0.717, 1.165) is 4.90 Å². The van der Waals surface area contributed by atoms with Gasteiger partial charge in [0, 0.05) is 18.5 Å². The van der Waals surface area contributed by atoms with Gasteiger partial charge < -0.3 is 10.6 Å². The first-order valence-corrected chi connectivity index (χ1v) is 4.64. The summed E-state index contributed by atoms with van der Waals surface area (Å²) in [6.45, 7) is 3.45. The number of hydrogen-bond acceptors (Lipinski definition) is 2. The first-order chi connectivity index (χ1) is 6.58. The maximum atomic E-state index is 12.1. The molecule has 3 nitrogen and oxygen atoms in total. The Bertz CT molecular complexity index is 220. The molecule has 0 aromatic carbocycles. The highest BCUT2D eigenvalue weighted by atomic mass is 19.4. The van der Waals surface area contributed by atoms with Gasteiger partial charge >= 0.3 is 6.18 Å². The molecule has 0 aliphatic carbocycles. The second-order valence-corrected chi connectivity index (χ2v) is 4.38. The van der Waals surface area contributed by atoms with Gasteiger partial charge in [0.1, 0.15) is 6.54 Å². The molecule has 90 valence electrons. The second-order valence-electron chi connectivity index (χ2n) is 4.38. The Morgan fingerprint density at radius 1 is 1.27 bits per heavy atom. The summed E-state index contributed by atoms with van der Waals surface area (Å²) in [6, 6.07) is 0. The summed E-state index contributed by atoms with van der Waals surface area (Å²) in [7, 11) is 0. The number of carbonyl (C=O) groups excluding carboxylic acids is 1. The van der Waals surface area contributed by atoms with Crippen molar-refractivity contribution in [3.05, 3.63) is 0 Å². The van der Waals surface area contributed by atoms with Gasteiger partial charge in [0.15, 0.2) is 0 Å². The Labute approximate surface area is 87.4 Å². The summed E-state index contributed by atoms with van der Waals surface area (Å²) in [5, 5.41) is 0. The molecule has 0 unspecified atom stereocenters. The molecule has 1 amide bonds. The van der Waals surface area contributed by atoms with Gasteiger partial charge in [-0.25, -0.2) is 0 Å². The molecular weight excluding hydrogens is 209 g/mol. The molecule has 0 aromatic rings. The van der Waals surface area contributed by atoms with Crippen molar-refractivity contribution in [2.45, 2.75) is 26.9 Å². The van der Waals surface area contributed by atoms with Crippen molar-refractivity contribution in [2.75, 3.05) is 19.6 Å². The molecule has 0 rings (SSSR count). The van der Waals surface area contributed by atoms with Crippen molar-refractivity contribution >= 4 is 5.91 Å². The van der Waals surface area contributed by atoms with Crippen molar-refractivity contribution in [2.24, 2.45) is 11.1 Å². The van der Waals surface area contributed by atoms with E-state index in [-0.39, 0.29) is 13.1 Å². The third-order valence-electron chi connectivity index (χ3n) is 1.70. The Kier molecular flexibility index (Phi) is 4.58. The SMILES string of the molecule is CC(C)(C)C(=O)N(CCN)CC(F)(F)F. The molecule has 0 saturated heterocycles. The van der Waals surface area contributed by atoms with Crippen LogP contribution in [0, 0.1) is 5.41 Å². The van der Waals surface area contributed by atoms with E-state index in [4.69, 9.17) is 5.73 Å². The number of nitrogens with two attached hydrogens (primary N) is 1. The molecule has 0 atom stereocenters. The Balaban J connectivity index is 4.60. The number of nitrogens with zero attached hydrogens (tertiary/aromatic N) is 1. The fourth-order valence-electron chi connectivity index (χ4n) is 1.10. The lowest BCUT2D eigenvalue weighted by atomic mass is 9.94. The summed E-state index contributed by atoms with van der Waals surface area (Å²) in [5.41, 5.74) is 4.35. The number of amides is 1. The minimum Gasteiger partial charge on any atom is -0.332 e. The first kappa shape index (κ1) is 14.2. The topological polar surface area (TPSA) is 46.3 Å². The zero-order valence-electron chi connectivity index (χ0n) is 9.19. The summed E-state index contributed by atoms with van der Waals surface area (Å²) in [6.07, 6.45) is -4.38. The summed E-state index contributed by atoms with van der Waals surface area (Å²) in [5.74, 6) is -0.537. The number of alkyl halides is 3. The van der Waals surface area contributed by atoms with E-state index >= 15 is 0 Å². The van der Waals surface area contributed by atoms with Crippen molar-refractivity contribution in [3.8, 4) is 0 Å². The van der Waals surface area contributed by atoms with Crippen molar-refractivity contribution in [1.82, 2.24) is 4.90 Å². The van der Waals surface area contributed by atoms with Gasteiger partial charge in [-0.05, 0) is 0 Å². The van der Waals surface area contributed by atoms with Crippen molar-refractivity contribution < 1.29 is 18.0 Å². The van der Waals surface area contributed by atoms with Gasteiger partial charge in [0.25, 0.3) is 0 Å². The van der Waals surface area contributed by atoms with Crippen LogP contribution in [0.2, 0.25) is 0 Å². The molecule has 0 radical (unpaired) electrons. The Hall–Kier alpha value is -0.780. The van der Waals surface area contributed by atoms with E-state index in [1.165, 1.54) is 0 Å². The van der Waals surface area contributed by atoms with Gasteiger partial charge in [0.2, 0.25) is 5.91 Å². The number of halogens is 3. The van der Waals surface area contributed by atoms with Crippen LogP contribution in [0.3, 0.4) is 0 Å². The zero-order chi connectivity index (χ0) is 12.3. The average molecular weight is 226 g/mol. The Morgan fingerprint density at radius 2 is 1.73 bits per heavy atom. The van der Waals surface area contributed by atoms with Crippen LogP contribution in [0.15, 0.2) is 0 Å². The molecule has 0 saturated carbocycles. The van der Waals surface area contributed by atoms with Gasteiger partial charge in [-0.2, -0.15) is 13.2 Å². The van der Waals surface area contributed by atoms with Crippen LogP contribution in [0.5, 0.6) is 0 Å². The van der Waals surface area contributed by atoms with Gasteiger partial charge in [-0.3, -0.25) is 4.79 Å². The standard InChI is InChI=1S/C9H17F3N2O/c1-8(2,3)7(15)14(5-4-13)6-9(10,11)12/h4-6,13H2,1-3H3. The third-order valence-corrected chi connectivity index (χ3v) is 1.70. The third kappa shape index (κ3) is 5.61. The number of hydrogen-bond donors (Lipinski definition) is 1. The summed E-state index contributed by atoms with van der Waals surface area (Å²) in [4.78, 5) is 12.4. The molecular formula is C9H17F3N2O. The van der Waals surface area contributed by atoms with E-state index in [9.17, 15) is 18.0 Å². The molecule has 0 aliphatic rings. The minimum atomic E-state index is -4.38. The lowest BCUT2D eigenvalue weighted by molar-refractivity contribution is -0.165. The van der Waals surface area contributed by atoms with Crippen LogP contribution < -0.4 is 5.73 Å². The van der Waals surface area contributed by atoms with E-state index in [0.29, 0.717) is 0 Å². The van der Waals surface area contributed by atoms with Gasteiger partial charge in [0.05, 0.1) is 0 Å². The lowest BCUT2D eigenvalue weighted by Gasteiger charge is -2.29. The highest BCUT2D eigenvalue weighted by Gasteiger charge is 2.36. The van der Waals surface area contributed by atoms with Crippen molar-refractivity contribution in [3.63, 3.8) is 0 Å². The van der Waals surface area contributed by atoms with Gasteiger partial charge in [-0.1, -0.05) is 20.8 Å². The van der Waals surface area contributed by atoms with Crippen LogP contribution >= 0.6 is 0 Å². The molecule has 0 fully saturated rings. The predicted molar refractivity (Wildman–Crippen MR) is 51.1 cm³/mol. The van der Waals surface area contributed by atoms with Crippen LogP contribution in [0.1, 0.15) is 20.8 Å². The molecule has 15 heavy (non-hydrogen) atoms. The Morgan fingerprint density at radius 3 is 2.00 bits per heavy atom. The fraction of sp³-hybridized carbons (Fsp3) is 0.889. The smallest absolute Gasteiger partial charge is 0.332 e. The number of carbonyl (C=O) groups is 1. The molecule has 2 N–H and O–H groups in total. The maximum absolute atomic E-state index is 12.1. The molecule has 0 heterocycles.